The molecule has 0 aliphatic carbocycles. The Bertz CT molecular complexity index is 382. The van der Waals surface area contributed by atoms with Gasteiger partial charge in [0, 0.05) is 18.9 Å². The standard InChI is InChI=1S/C10H13N3O4/c14-8(9(15)16)6-13-10(17)12-5-7-2-1-3-11-4-7/h1-4,8,14H,5-6H2,(H,15,16)(H2,12,13,17)/t8-/m0/s1. The maximum Gasteiger partial charge on any atom is 0.334 e. The number of aliphatic carboxylic acids is 1. The number of pyridine rings is 1. The lowest BCUT2D eigenvalue weighted by atomic mass is 10.3. The van der Waals surface area contributed by atoms with Crippen LogP contribution in [0.3, 0.4) is 0 Å². The summed E-state index contributed by atoms with van der Waals surface area (Å²) in [6.07, 6.45) is 1.62. The lowest BCUT2D eigenvalue weighted by Crippen LogP contribution is -2.41. The lowest BCUT2D eigenvalue weighted by molar-refractivity contribution is -0.146. The number of aliphatic hydroxyl groups is 1. The van der Waals surface area contributed by atoms with E-state index in [2.05, 4.69) is 15.6 Å². The number of hydrogen-bond donors (Lipinski definition) is 4. The Morgan fingerprint density at radius 1 is 1.41 bits per heavy atom. The maximum atomic E-state index is 11.2. The number of nitrogens with one attached hydrogen (secondary N) is 2. The number of carboxylic acid groups (broad SMARTS) is 1. The molecule has 0 bridgehead atoms. The van der Waals surface area contributed by atoms with Gasteiger partial charge < -0.3 is 20.8 Å². The molecule has 1 rings (SSSR count). The molecule has 1 aromatic rings. The van der Waals surface area contributed by atoms with Crippen molar-refractivity contribution in [2.24, 2.45) is 0 Å². The van der Waals surface area contributed by atoms with E-state index in [1.165, 1.54) is 0 Å². The van der Waals surface area contributed by atoms with Gasteiger partial charge in [0.15, 0.2) is 6.10 Å². The molecule has 2 amide bonds. The number of urea groups is 1. The first-order valence-electron chi connectivity index (χ1n) is 4.91. The van der Waals surface area contributed by atoms with Crippen molar-refractivity contribution < 1.29 is 19.8 Å². The van der Waals surface area contributed by atoms with E-state index < -0.39 is 18.1 Å². The third-order valence-electron chi connectivity index (χ3n) is 1.92. The second kappa shape index (κ2) is 6.44. The van der Waals surface area contributed by atoms with E-state index in [0.29, 0.717) is 0 Å². The fourth-order valence-corrected chi connectivity index (χ4v) is 1.02. The number of amides is 2. The minimum Gasteiger partial charge on any atom is -0.479 e. The second-order valence-corrected chi connectivity index (χ2v) is 3.28. The van der Waals surface area contributed by atoms with Crippen LogP contribution in [0.4, 0.5) is 4.79 Å². The molecule has 4 N–H and O–H groups in total. The molecule has 0 spiro atoms. The quantitative estimate of drug-likeness (QED) is 0.544. The summed E-state index contributed by atoms with van der Waals surface area (Å²) in [4.78, 5) is 25.3. The van der Waals surface area contributed by atoms with Crippen LogP contribution in [0.1, 0.15) is 5.56 Å². The fraction of sp³-hybridized carbons (Fsp3) is 0.300. The summed E-state index contributed by atoms with van der Waals surface area (Å²) in [5.41, 5.74) is 0.821. The van der Waals surface area contributed by atoms with Gasteiger partial charge in [0.2, 0.25) is 0 Å². The van der Waals surface area contributed by atoms with Gasteiger partial charge in [-0.2, -0.15) is 0 Å². The van der Waals surface area contributed by atoms with Crippen molar-refractivity contribution in [3.63, 3.8) is 0 Å². The zero-order chi connectivity index (χ0) is 12.7. The Kier molecular flexibility index (Phi) is 4.89. The van der Waals surface area contributed by atoms with Gasteiger partial charge in [-0.1, -0.05) is 6.07 Å². The topological polar surface area (TPSA) is 112 Å². The van der Waals surface area contributed by atoms with E-state index in [1.54, 1.807) is 24.5 Å². The number of carbonyl (C=O) groups is 2. The molecule has 7 heteroatoms. The number of nitrogens with zero attached hydrogens (tertiary/aromatic N) is 1. The van der Waals surface area contributed by atoms with E-state index in [0.717, 1.165) is 5.56 Å². The van der Waals surface area contributed by atoms with Crippen LogP contribution < -0.4 is 10.6 Å². The van der Waals surface area contributed by atoms with Gasteiger partial charge in [-0.15, -0.1) is 0 Å². The monoisotopic (exact) mass is 239 g/mol. The van der Waals surface area contributed by atoms with Gasteiger partial charge in [-0.25, -0.2) is 9.59 Å². The van der Waals surface area contributed by atoms with Crippen molar-refractivity contribution in [3.8, 4) is 0 Å². The number of rotatable bonds is 5. The Labute approximate surface area is 97.5 Å². The Morgan fingerprint density at radius 3 is 2.76 bits per heavy atom. The Hall–Kier alpha value is -2.15. The minimum absolute atomic E-state index is 0.281. The third-order valence-corrected chi connectivity index (χ3v) is 1.92. The van der Waals surface area contributed by atoms with Crippen LogP contribution in [0, 0.1) is 0 Å². The largest absolute Gasteiger partial charge is 0.479 e. The summed E-state index contributed by atoms with van der Waals surface area (Å²) in [5.74, 6) is -1.38. The first-order valence-corrected chi connectivity index (χ1v) is 4.91. The van der Waals surface area contributed by atoms with Crippen molar-refractivity contribution in [1.82, 2.24) is 15.6 Å². The molecule has 0 radical (unpaired) electrons. The predicted octanol–water partition coefficient (Wildman–Crippen LogP) is -0.674. The smallest absolute Gasteiger partial charge is 0.334 e. The van der Waals surface area contributed by atoms with Gasteiger partial charge in [0.05, 0.1) is 6.54 Å². The Balaban J connectivity index is 2.24. The van der Waals surface area contributed by atoms with Crippen molar-refractivity contribution >= 4 is 12.0 Å². The molecule has 7 nitrogen and oxygen atoms in total. The molecule has 0 saturated carbocycles. The molecular weight excluding hydrogens is 226 g/mol. The van der Waals surface area contributed by atoms with E-state index in [4.69, 9.17) is 10.2 Å². The van der Waals surface area contributed by atoms with Crippen LogP contribution in [0.15, 0.2) is 24.5 Å². The van der Waals surface area contributed by atoms with Crippen molar-refractivity contribution in [2.75, 3.05) is 6.54 Å². The van der Waals surface area contributed by atoms with E-state index in [1.807, 2.05) is 0 Å². The average Bonchev–Trinajstić information content (AvgIpc) is 2.34. The van der Waals surface area contributed by atoms with E-state index in [9.17, 15) is 9.59 Å². The highest BCUT2D eigenvalue weighted by Crippen LogP contribution is 1.93. The summed E-state index contributed by atoms with van der Waals surface area (Å²) >= 11 is 0. The fourth-order valence-electron chi connectivity index (χ4n) is 1.02. The highest BCUT2D eigenvalue weighted by Gasteiger charge is 2.13. The molecule has 0 aliphatic rings. The molecule has 1 atom stereocenters. The zero-order valence-electron chi connectivity index (χ0n) is 8.96. The van der Waals surface area contributed by atoms with E-state index in [-0.39, 0.29) is 13.1 Å². The molecule has 1 aromatic heterocycles. The van der Waals surface area contributed by atoms with Crippen LogP contribution in [0.25, 0.3) is 0 Å². The number of carbonyl (C=O) groups excluding carboxylic acids is 1. The number of hydrogen-bond acceptors (Lipinski definition) is 4. The van der Waals surface area contributed by atoms with Gasteiger partial charge in [-0.3, -0.25) is 4.98 Å². The maximum absolute atomic E-state index is 11.2. The minimum atomic E-state index is -1.60. The summed E-state index contributed by atoms with van der Waals surface area (Å²) in [6.45, 7) is -0.0585. The van der Waals surface area contributed by atoms with E-state index >= 15 is 0 Å². The van der Waals surface area contributed by atoms with Crippen LogP contribution >= 0.6 is 0 Å². The normalized spacial score (nSPS) is 11.6. The summed E-state index contributed by atoms with van der Waals surface area (Å²) < 4.78 is 0. The SMILES string of the molecule is O=C(NCc1cccnc1)NC[C@H](O)C(=O)O. The predicted molar refractivity (Wildman–Crippen MR) is 58.1 cm³/mol. The van der Waals surface area contributed by atoms with Gasteiger partial charge in [-0.05, 0) is 11.6 Å². The summed E-state index contributed by atoms with van der Waals surface area (Å²) in [6, 6.07) is 2.98. The van der Waals surface area contributed by atoms with Crippen LogP contribution in [0.2, 0.25) is 0 Å². The number of carboxylic acids is 1. The van der Waals surface area contributed by atoms with Gasteiger partial charge in [0.1, 0.15) is 0 Å². The Morgan fingerprint density at radius 2 is 2.18 bits per heavy atom. The van der Waals surface area contributed by atoms with Crippen LogP contribution in [-0.4, -0.2) is 39.8 Å². The highest BCUT2D eigenvalue weighted by atomic mass is 16.4. The molecule has 0 unspecified atom stereocenters. The third kappa shape index (κ3) is 4.94. The van der Waals surface area contributed by atoms with Crippen LogP contribution in [0.5, 0.6) is 0 Å². The average molecular weight is 239 g/mol. The summed E-state index contributed by atoms with van der Waals surface area (Å²) in [5, 5.41) is 22.0. The molecule has 0 aromatic carbocycles. The molecule has 17 heavy (non-hydrogen) atoms. The van der Waals surface area contributed by atoms with Crippen molar-refractivity contribution in [1.29, 1.82) is 0 Å². The zero-order valence-corrected chi connectivity index (χ0v) is 8.96. The molecule has 0 aliphatic heterocycles. The summed E-state index contributed by atoms with van der Waals surface area (Å²) in [7, 11) is 0. The molecular formula is C10H13N3O4. The number of aromatic nitrogens is 1. The molecule has 0 saturated heterocycles. The molecule has 0 fully saturated rings. The highest BCUT2D eigenvalue weighted by molar-refractivity contribution is 5.76. The second-order valence-electron chi connectivity index (χ2n) is 3.28. The molecule has 92 valence electrons. The number of aliphatic hydroxyl groups excluding tert-OH is 1. The first kappa shape index (κ1) is 12.9. The van der Waals surface area contributed by atoms with Gasteiger partial charge in [0.25, 0.3) is 0 Å². The van der Waals surface area contributed by atoms with Gasteiger partial charge >= 0.3 is 12.0 Å². The van der Waals surface area contributed by atoms with Crippen molar-refractivity contribution in [2.45, 2.75) is 12.6 Å². The first-order chi connectivity index (χ1) is 8.09. The van der Waals surface area contributed by atoms with Crippen molar-refractivity contribution in [3.05, 3.63) is 30.1 Å². The van der Waals surface area contributed by atoms with Crippen LogP contribution in [-0.2, 0) is 11.3 Å². The molecule has 1 heterocycles. The lowest BCUT2D eigenvalue weighted by Gasteiger charge is -2.09.